The molecule has 0 saturated heterocycles. The third-order valence-corrected chi connectivity index (χ3v) is 2.67. The molecule has 1 atom stereocenters. The summed E-state index contributed by atoms with van der Waals surface area (Å²) in [6.07, 6.45) is -1.22. The van der Waals surface area contributed by atoms with Crippen LogP contribution in [0.5, 0.6) is 0 Å². The van der Waals surface area contributed by atoms with Crippen LogP contribution in [0.2, 0.25) is 0 Å². The Morgan fingerprint density at radius 1 is 1.31 bits per heavy atom. The van der Waals surface area contributed by atoms with Crippen molar-refractivity contribution >= 4 is 0 Å². The molecule has 1 N–H and O–H groups in total. The zero-order chi connectivity index (χ0) is 9.90. The van der Waals surface area contributed by atoms with Gasteiger partial charge in [-0.1, -0.05) is 19.3 Å². The molecule has 1 aliphatic carbocycles. The van der Waals surface area contributed by atoms with Gasteiger partial charge in [-0.05, 0) is 18.3 Å². The fraction of sp³-hybridized carbons (Fsp3) is 1.00. The summed E-state index contributed by atoms with van der Waals surface area (Å²) in [7, 11) is 0. The van der Waals surface area contributed by atoms with Gasteiger partial charge in [-0.3, -0.25) is 0 Å². The molecule has 1 unspecified atom stereocenters. The van der Waals surface area contributed by atoms with E-state index < -0.39 is 18.5 Å². The molecule has 0 bridgehead atoms. The van der Waals surface area contributed by atoms with Crippen molar-refractivity contribution in [1.29, 1.82) is 0 Å². The van der Waals surface area contributed by atoms with Crippen LogP contribution in [0, 0.1) is 11.8 Å². The van der Waals surface area contributed by atoms with Gasteiger partial charge in [0.1, 0.15) is 0 Å². The average molecular weight is 196 g/mol. The zero-order valence-electron chi connectivity index (χ0n) is 7.48. The molecule has 1 rings (SSSR count). The molecule has 0 radical (unpaired) electrons. The van der Waals surface area contributed by atoms with E-state index in [1.807, 2.05) is 0 Å². The summed E-state index contributed by atoms with van der Waals surface area (Å²) < 4.78 is 35.9. The molecule has 0 aromatic carbocycles. The summed E-state index contributed by atoms with van der Waals surface area (Å²) in [5.41, 5.74) is 0. The van der Waals surface area contributed by atoms with Crippen molar-refractivity contribution in [1.82, 2.24) is 0 Å². The highest BCUT2D eigenvalue weighted by Gasteiger charge is 2.33. The zero-order valence-corrected chi connectivity index (χ0v) is 7.48. The lowest BCUT2D eigenvalue weighted by Gasteiger charge is -2.29. The highest BCUT2D eigenvalue weighted by Crippen LogP contribution is 2.35. The van der Waals surface area contributed by atoms with Crippen LogP contribution in [-0.2, 0) is 0 Å². The Balaban J connectivity index is 2.25. The number of hydrogen-bond acceptors (Lipinski definition) is 1. The Bertz CT molecular complexity index is 151. The van der Waals surface area contributed by atoms with Crippen LogP contribution in [0.3, 0.4) is 0 Å². The van der Waals surface area contributed by atoms with Crippen molar-refractivity contribution in [3.05, 3.63) is 0 Å². The van der Waals surface area contributed by atoms with Crippen LogP contribution >= 0.6 is 0 Å². The molecule has 0 heterocycles. The van der Waals surface area contributed by atoms with Crippen molar-refractivity contribution < 1.29 is 18.3 Å². The first kappa shape index (κ1) is 10.8. The third-order valence-electron chi connectivity index (χ3n) is 2.67. The van der Waals surface area contributed by atoms with E-state index in [9.17, 15) is 13.2 Å². The first-order chi connectivity index (χ1) is 6.01. The Kier molecular flexibility index (Phi) is 3.59. The van der Waals surface area contributed by atoms with Gasteiger partial charge in [0.25, 0.3) is 0 Å². The lowest BCUT2D eigenvalue weighted by atomic mass is 9.78. The quantitative estimate of drug-likeness (QED) is 0.733. The van der Waals surface area contributed by atoms with Crippen LogP contribution in [0.4, 0.5) is 13.2 Å². The lowest BCUT2D eigenvalue weighted by molar-refractivity contribution is -0.149. The molecule has 0 aromatic heterocycles. The topological polar surface area (TPSA) is 20.2 Å². The van der Waals surface area contributed by atoms with Gasteiger partial charge in [-0.15, -0.1) is 0 Å². The molecule has 0 aromatic rings. The van der Waals surface area contributed by atoms with Crippen LogP contribution in [-0.4, -0.2) is 17.9 Å². The second kappa shape index (κ2) is 4.31. The largest absolute Gasteiger partial charge is 0.396 e. The molecular formula is C9H15F3O. The molecule has 1 nitrogen and oxygen atoms in total. The first-order valence-electron chi connectivity index (χ1n) is 4.69. The molecule has 0 spiro atoms. The number of aliphatic hydroxyl groups excluding tert-OH is 1. The van der Waals surface area contributed by atoms with Crippen LogP contribution < -0.4 is 0 Å². The first-order valence-corrected chi connectivity index (χ1v) is 4.69. The molecule has 1 fully saturated rings. The number of halogens is 3. The summed E-state index contributed by atoms with van der Waals surface area (Å²) in [6, 6.07) is 0. The van der Waals surface area contributed by atoms with E-state index in [1.54, 1.807) is 0 Å². The van der Waals surface area contributed by atoms with E-state index in [0.29, 0.717) is 12.3 Å². The minimum Gasteiger partial charge on any atom is -0.396 e. The predicted molar refractivity (Wildman–Crippen MR) is 43.2 cm³/mol. The van der Waals surface area contributed by atoms with E-state index in [0.717, 1.165) is 19.3 Å². The van der Waals surface area contributed by atoms with Crippen LogP contribution in [0.15, 0.2) is 0 Å². The Morgan fingerprint density at radius 3 is 2.23 bits per heavy atom. The number of hydrogen-bond donors (Lipinski definition) is 1. The average Bonchev–Trinajstić information content (AvgIpc) is 1.91. The normalized spacial score (nSPS) is 21.2. The summed E-state index contributed by atoms with van der Waals surface area (Å²) in [4.78, 5) is 0. The van der Waals surface area contributed by atoms with Gasteiger partial charge in [0.2, 0.25) is 0 Å². The van der Waals surface area contributed by atoms with Gasteiger partial charge in [-0.25, -0.2) is 0 Å². The molecule has 0 aliphatic heterocycles. The highest BCUT2D eigenvalue weighted by molar-refractivity contribution is 4.74. The van der Waals surface area contributed by atoms with Crippen molar-refractivity contribution in [2.75, 3.05) is 6.61 Å². The second-order valence-electron chi connectivity index (χ2n) is 3.90. The molecule has 1 aliphatic rings. The van der Waals surface area contributed by atoms with Gasteiger partial charge in [0, 0.05) is 13.0 Å². The van der Waals surface area contributed by atoms with Gasteiger partial charge >= 0.3 is 6.18 Å². The van der Waals surface area contributed by atoms with E-state index in [1.165, 1.54) is 0 Å². The SMILES string of the molecule is OCC(CC1CCC1)CC(F)(F)F. The minimum absolute atomic E-state index is 0.337. The molecule has 0 amide bonds. The highest BCUT2D eigenvalue weighted by atomic mass is 19.4. The Labute approximate surface area is 75.9 Å². The van der Waals surface area contributed by atoms with Gasteiger partial charge in [0.05, 0.1) is 0 Å². The standard InChI is InChI=1S/C9H15F3O/c10-9(11,12)5-8(6-13)4-7-2-1-3-7/h7-8,13H,1-6H2. The maximum Gasteiger partial charge on any atom is 0.389 e. The maximum absolute atomic E-state index is 12.0. The van der Waals surface area contributed by atoms with Gasteiger partial charge in [0.15, 0.2) is 0 Å². The van der Waals surface area contributed by atoms with E-state index in [2.05, 4.69) is 0 Å². The molecule has 4 heteroatoms. The van der Waals surface area contributed by atoms with Crippen molar-refractivity contribution in [2.45, 2.75) is 38.3 Å². The van der Waals surface area contributed by atoms with Crippen molar-refractivity contribution in [3.8, 4) is 0 Å². The fourth-order valence-corrected chi connectivity index (χ4v) is 1.75. The Morgan fingerprint density at radius 2 is 1.92 bits per heavy atom. The second-order valence-corrected chi connectivity index (χ2v) is 3.90. The third kappa shape index (κ3) is 3.98. The van der Waals surface area contributed by atoms with Gasteiger partial charge in [-0.2, -0.15) is 13.2 Å². The molecule has 78 valence electrons. The van der Waals surface area contributed by atoms with E-state index in [-0.39, 0.29) is 6.61 Å². The van der Waals surface area contributed by atoms with Gasteiger partial charge < -0.3 is 5.11 Å². The molecule has 13 heavy (non-hydrogen) atoms. The maximum atomic E-state index is 12.0. The molecular weight excluding hydrogens is 181 g/mol. The van der Waals surface area contributed by atoms with Crippen LogP contribution in [0.1, 0.15) is 32.1 Å². The number of rotatable bonds is 4. The molecule has 1 saturated carbocycles. The van der Waals surface area contributed by atoms with Crippen LogP contribution in [0.25, 0.3) is 0 Å². The fourth-order valence-electron chi connectivity index (χ4n) is 1.75. The monoisotopic (exact) mass is 196 g/mol. The lowest BCUT2D eigenvalue weighted by Crippen LogP contribution is -2.23. The summed E-state index contributed by atoms with van der Waals surface area (Å²) >= 11 is 0. The number of alkyl halides is 3. The smallest absolute Gasteiger partial charge is 0.389 e. The summed E-state index contributed by atoms with van der Waals surface area (Å²) in [6.45, 7) is -0.337. The van der Waals surface area contributed by atoms with Crippen molar-refractivity contribution in [3.63, 3.8) is 0 Å². The number of aliphatic hydroxyl groups is 1. The Hall–Kier alpha value is -0.250. The predicted octanol–water partition coefficient (Wildman–Crippen LogP) is 2.74. The van der Waals surface area contributed by atoms with Crippen molar-refractivity contribution in [2.24, 2.45) is 11.8 Å². The minimum atomic E-state index is -4.13. The summed E-state index contributed by atoms with van der Waals surface area (Å²) in [5.74, 6) is -0.148. The summed E-state index contributed by atoms with van der Waals surface area (Å²) in [5, 5.41) is 8.76. The van der Waals surface area contributed by atoms with E-state index in [4.69, 9.17) is 5.11 Å². The van der Waals surface area contributed by atoms with E-state index >= 15 is 0 Å².